The Morgan fingerprint density at radius 2 is 1.79 bits per heavy atom. The van der Waals surface area contributed by atoms with Crippen molar-refractivity contribution in [2.45, 2.75) is 0 Å². The van der Waals surface area contributed by atoms with Crippen molar-refractivity contribution in [3.63, 3.8) is 0 Å². The number of diazo groups is 1. The largest absolute Gasteiger partial charge is 0.403 e. The number of benzene rings is 1. The standard InChI is InChI=1S/C11H8N3/c12-14-10-6-7-11(13-8-10)9-4-2-1-3-5-9/h1-8H/q+1. The van der Waals surface area contributed by atoms with Crippen LogP contribution >= 0.6 is 0 Å². The van der Waals surface area contributed by atoms with Crippen LogP contribution in [0.1, 0.15) is 0 Å². The molecule has 3 nitrogen and oxygen atoms in total. The van der Waals surface area contributed by atoms with E-state index in [9.17, 15) is 0 Å². The third-order valence-electron chi connectivity index (χ3n) is 1.93. The van der Waals surface area contributed by atoms with Gasteiger partial charge in [0.25, 0.3) is 0 Å². The number of hydrogen-bond donors (Lipinski definition) is 0. The van der Waals surface area contributed by atoms with E-state index in [1.54, 1.807) is 6.07 Å². The maximum atomic E-state index is 8.48. The van der Waals surface area contributed by atoms with Gasteiger partial charge < -0.3 is 0 Å². The molecule has 0 fully saturated rings. The normalized spacial score (nSPS) is 9.36. The van der Waals surface area contributed by atoms with Crippen LogP contribution in [0.4, 0.5) is 5.69 Å². The van der Waals surface area contributed by atoms with Crippen LogP contribution in [0.25, 0.3) is 16.2 Å². The first-order valence-corrected chi connectivity index (χ1v) is 4.27. The third kappa shape index (κ3) is 1.59. The first kappa shape index (κ1) is 8.39. The van der Waals surface area contributed by atoms with Crippen molar-refractivity contribution in [2.24, 2.45) is 0 Å². The summed E-state index contributed by atoms with van der Waals surface area (Å²) in [6, 6.07) is 13.4. The summed E-state index contributed by atoms with van der Waals surface area (Å²) in [5.74, 6) is 0. The van der Waals surface area contributed by atoms with Crippen LogP contribution in [-0.4, -0.2) is 4.98 Å². The highest BCUT2D eigenvalue weighted by Crippen LogP contribution is 2.18. The smallest absolute Gasteiger partial charge is 0.248 e. The van der Waals surface area contributed by atoms with E-state index in [4.69, 9.17) is 5.39 Å². The van der Waals surface area contributed by atoms with Gasteiger partial charge in [0.05, 0.1) is 5.69 Å². The summed E-state index contributed by atoms with van der Waals surface area (Å²) in [5, 5.41) is 8.48. The van der Waals surface area contributed by atoms with E-state index in [2.05, 4.69) is 9.96 Å². The van der Waals surface area contributed by atoms with Gasteiger partial charge in [0.15, 0.2) is 4.98 Å². The highest BCUT2D eigenvalue weighted by molar-refractivity contribution is 5.60. The van der Waals surface area contributed by atoms with Crippen LogP contribution in [0.2, 0.25) is 0 Å². The van der Waals surface area contributed by atoms with Crippen molar-refractivity contribution >= 4 is 5.69 Å². The first-order chi connectivity index (χ1) is 6.90. The Hall–Kier alpha value is -2.21. The fourth-order valence-corrected chi connectivity index (χ4v) is 1.22. The van der Waals surface area contributed by atoms with Gasteiger partial charge in [-0.05, 0) is 6.07 Å². The summed E-state index contributed by atoms with van der Waals surface area (Å²) in [7, 11) is 0. The predicted molar refractivity (Wildman–Crippen MR) is 54.4 cm³/mol. The maximum absolute atomic E-state index is 8.48. The van der Waals surface area contributed by atoms with Crippen LogP contribution in [-0.2, 0) is 0 Å². The second-order valence-electron chi connectivity index (χ2n) is 2.87. The molecule has 2 aromatic rings. The molecule has 0 bridgehead atoms. The van der Waals surface area contributed by atoms with Crippen molar-refractivity contribution in [2.75, 3.05) is 0 Å². The highest BCUT2D eigenvalue weighted by Gasteiger charge is 2.04. The van der Waals surface area contributed by atoms with Crippen LogP contribution < -0.4 is 0 Å². The fourth-order valence-electron chi connectivity index (χ4n) is 1.22. The Labute approximate surface area is 81.7 Å². The summed E-state index contributed by atoms with van der Waals surface area (Å²) in [6.45, 7) is 0. The zero-order valence-corrected chi connectivity index (χ0v) is 7.46. The van der Waals surface area contributed by atoms with Crippen molar-refractivity contribution in [3.05, 3.63) is 53.6 Å². The van der Waals surface area contributed by atoms with Crippen LogP contribution in [0.3, 0.4) is 0 Å². The average molecular weight is 182 g/mol. The van der Waals surface area contributed by atoms with Crippen LogP contribution in [0, 0.1) is 5.39 Å². The highest BCUT2D eigenvalue weighted by atomic mass is 14.9. The van der Waals surface area contributed by atoms with E-state index in [1.807, 2.05) is 36.4 Å². The summed E-state index contributed by atoms with van der Waals surface area (Å²) in [5.41, 5.74) is 2.39. The van der Waals surface area contributed by atoms with Gasteiger partial charge in [-0.15, -0.1) is 0 Å². The Balaban J connectivity index is 2.40. The van der Waals surface area contributed by atoms with E-state index in [0.29, 0.717) is 5.69 Å². The van der Waals surface area contributed by atoms with Crippen LogP contribution in [0.15, 0.2) is 48.7 Å². The molecule has 0 radical (unpaired) electrons. The molecule has 66 valence electrons. The number of aromatic nitrogens is 1. The molecule has 3 heteroatoms. The summed E-state index contributed by atoms with van der Waals surface area (Å²) < 4.78 is 0. The molecule has 0 spiro atoms. The quantitative estimate of drug-likeness (QED) is 0.635. The van der Waals surface area contributed by atoms with Crippen molar-refractivity contribution in [1.82, 2.24) is 4.98 Å². The molecular formula is C11H8N3+. The Bertz CT molecular complexity index is 454. The fraction of sp³-hybridized carbons (Fsp3) is 0. The zero-order valence-electron chi connectivity index (χ0n) is 7.46. The molecule has 0 aliphatic carbocycles. The molecule has 0 aliphatic heterocycles. The minimum absolute atomic E-state index is 0.463. The Kier molecular flexibility index (Phi) is 2.20. The molecule has 0 saturated heterocycles. The molecule has 0 N–H and O–H groups in total. The molecule has 0 unspecified atom stereocenters. The molecule has 1 aromatic heterocycles. The Morgan fingerprint density at radius 1 is 1.00 bits per heavy atom. The minimum atomic E-state index is 0.463. The average Bonchev–Trinajstić information content (AvgIpc) is 2.30. The van der Waals surface area contributed by atoms with Gasteiger partial charge in [-0.1, -0.05) is 30.3 Å². The lowest BCUT2D eigenvalue weighted by molar-refractivity contribution is 1.32. The van der Waals surface area contributed by atoms with Gasteiger partial charge in [0.1, 0.15) is 6.20 Å². The van der Waals surface area contributed by atoms with Gasteiger partial charge in [0, 0.05) is 11.6 Å². The number of rotatable bonds is 1. The van der Waals surface area contributed by atoms with Crippen molar-refractivity contribution in [1.29, 1.82) is 5.39 Å². The van der Waals surface area contributed by atoms with Gasteiger partial charge >= 0.3 is 5.69 Å². The topological polar surface area (TPSA) is 41.0 Å². The molecule has 1 heterocycles. The maximum Gasteiger partial charge on any atom is 0.403 e. The second-order valence-corrected chi connectivity index (χ2v) is 2.87. The van der Waals surface area contributed by atoms with Crippen LogP contribution in [0.5, 0.6) is 0 Å². The predicted octanol–water partition coefficient (Wildman–Crippen LogP) is 3.23. The first-order valence-electron chi connectivity index (χ1n) is 4.27. The van der Waals surface area contributed by atoms with Gasteiger partial charge in [-0.2, -0.15) is 0 Å². The molecule has 2 rings (SSSR count). The summed E-state index contributed by atoms with van der Waals surface area (Å²) in [6.07, 6.45) is 1.53. The molecule has 14 heavy (non-hydrogen) atoms. The molecule has 0 aliphatic rings. The lowest BCUT2D eigenvalue weighted by Gasteiger charge is -1.96. The lowest BCUT2D eigenvalue weighted by Crippen LogP contribution is -1.80. The minimum Gasteiger partial charge on any atom is -0.248 e. The molecule has 0 saturated carbocycles. The summed E-state index contributed by atoms with van der Waals surface area (Å²) >= 11 is 0. The van der Waals surface area contributed by atoms with E-state index >= 15 is 0 Å². The van der Waals surface area contributed by atoms with Crippen molar-refractivity contribution in [3.8, 4) is 11.3 Å². The van der Waals surface area contributed by atoms with E-state index in [0.717, 1.165) is 11.3 Å². The summed E-state index contributed by atoms with van der Waals surface area (Å²) in [4.78, 5) is 7.21. The molecular weight excluding hydrogens is 174 g/mol. The molecule has 0 amide bonds. The number of hydrogen-bond acceptors (Lipinski definition) is 2. The number of nitrogens with zero attached hydrogens (tertiary/aromatic N) is 3. The second kappa shape index (κ2) is 3.67. The van der Waals surface area contributed by atoms with E-state index in [-0.39, 0.29) is 0 Å². The van der Waals surface area contributed by atoms with Gasteiger partial charge in [0.2, 0.25) is 5.39 Å². The lowest BCUT2D eigenvalue weighted by atomic mass is 10.1. The van der Waals surface area contributed by atoms with Gasteiger partial charge in [-0.25, -0.2) is 4.98 Å². The van der Waals surface area contributed by atoms with E-state index < -0.39 is 0 Å². The van der Waals surface area contributed by atoms with E-state index in [1.165, 1.54) is 6.20 Å². The van der Waals surface area contributed by atoms with Gasteiger partial charge in [-0.3, -0.25) is 0 Å². The molecule has 1 aromatic carbocycles. The SMILES string of the molecule is N#[N+]c1ccc(-c2ccccc2)nc1. The number of pyridine rings is 1. The zero-order chi connectivity index (χ0) is 9.80. The molecule has 0 atom stereocenters. The Morgan fingerprint density at radius 3 is 2.36 bits per heavy atom. The monoisotopic (exact) mass is 182 g/mol. The van der Waals surface area contributed by atoms with Crippen molar-refractivity contribution < 1.29 is 0 Å². The third-order valence-corrected chi connectivity index (χ3v) is 1.93.